The van der Waals surface area contributed by atoms with Crippen molar-refractivity contribution in [3.8, 4) is 23.8 Å². The van der Waals surface area contributed by atoms with Crippen LogP contribution >= 0.6 is 0 Å². The summed E-state index contributed by atoms with van der Waals surface area (Å²) in [6, 6.07) is 13.9. The topological polar surface area (TPSA) is 89.0 Å². The smallest absolute Gasteiger partial charge is 0.259 e. The molecule has 7 nitrogen and oxygen atoms in total. The molecule has 150 valence electrons. The van der Waals surface area contributed by atoms with Gasteiger partial charge in [-0.05, 0) is 42.8 Å². The van der Waals surface area contributed by atoms with Crippen LogP contribution in [0.25, 0.3) is 0 Å². The third-order valence-corrected chi connectivity index (χ3v) is 3.62. The van der Waals surface area contributed by atoms with E-state index >= 15 is 0 Å². The Labute approximate surface area is 170 Å². The Morgan fingerprint density at radius 3 is 2.62 bits per heavy atom. The molecule has 0 bridgehead atoms. The largest absolute Gasteiger partial charge is 0.494 e. The van der Waals surface area contributed by atoms with Crippen molar-refractivity contribution < 1.29 is 19.1 Å². The molecule has 29 heavy (non-hydrogen) atoms. The molecule has 0 radical (unpaired) electrons. The van der Waals surface area contributed by atoms with Crippen LogP contribution in [0.4, 0.5) is 0 Å². The normalized spacial score (nSPS) is 10.2. The van der Waals surface area contributed by atoms with Gasteiger partial charge < -0.3 is 14.8 Å². The maximum absolute atomic E-state index is 12.1. The number of hydrazone groups is 1. The van der Waals surface area contributed by atoms with E-state index in [0.717, 1.165) is 6.42 Å². The summed E-state index contributed by atoms with van der Waals surface area (Å²) in [5.74, 6) is 2.82. The molecule has 0 atom stereocenters. The fraction of sp³-hybridized carbons (Fsp3) is 0.227. The number of rotatable bonds is 10. The highest BCUT2D eigenvalue weighted by Crippen LogP contribution is 2.15. The number of amides is 2. The highest BCUT2D eigenvalue weighted by molar-refractivity contribution is 5.96. The van der Waals surface area contributed by atoms with Crippen molar-refractivity contribution in [3.05, 3.63) is 59.7 Å². The Bertz CT molecular complexity index is 886. The van der Waals surface area contributed by atoms with Gasteiger partial charge in [-0.15, -0.1) is 6.42 Å². The second-order valence-corrected chi connectivity index (χ2v) is 5.88. The van der Waals surface area contributed by atoms with Crippen molar-refractivity contribution in [2.24, 2.45) is 5.10 Å². The van der Waals surface area contributed by atoms with E-state index in [1.807, 2.05) is 13.0 Å². The molecule has 0 unspecified atom stereocenters. The molecule has 0 saturated heterocycles. The fourth-order valence-electron chi connectivity index (χ4n) is 2.24. The number of nitrogens with zero attached hydrogens (tertiary/aromatic N) is 1. The van der Waals surface area contributed by atoms with Crippen LogP contribution in [0.5, 0.6) is 11.5 Å². The summed E-state index contributed by atoms with van der Waals surface area (Å²) in [5.41, 5.74) is 3.45. The number of carbonyl (C=O) groups excluding carboxylic acids is 2. The van der Waals surface area contributed by atoms with E-state index in [2.05, 4.69) is 21.8 Å². The lowest BCUT2D eigenvalue weighted by atomic mass is 10.2. The number of hydrogen-bond acceptors (Lipinski definition) is 5. The lowest BCUT2D eigenvalue weighted by Gasteiger charge is -2.07. The number of carbonyl (C=O) groups is 2. The number of ether oxygens (including phenoxy) is 2. The van der Waals surface area contributed by atoms with Gasteiger partial charge in [-0.3, -0.25) is 9.59 Å². The van der Waals surface area contributed by atoms with Crippen molar-refractivity contribution in [2.45, 2.75) is 13.3 Å². The summed E-state index contributed by atoms with van der Waals surface area (Å²) in [6.45, 7) is 2.56. The zero-order valence-electron chi connectivity index (χ0n) is 16.2. The average molecular weight is 393 g/mol. The first-order valence-electron chi connectivity index (χ1n) is 9.12. The Morgan fingerprint density at radius 2 is 1.90 bits per heavy atom. The van der Waals surface area contributed by atoms with E-state index in [0.29, 0.717) is 29.2 Å². The van der Waals surface area contributed by atoms with Gasteiger partial charge in [0.2, 0.25) is 0 Å². The molecule has 0 aromatic heterocycles. The predicted octanol–water partition coefficient (Wildman–Crippen LogP) is 2.37. The van der Waals surface area contributed by atoms with Crippen LogP contribution in [0.2, 0.25) is 0 Å². The maximum Gasteiger partial charge on any atom is 0.259 e. The van der Waals surface area contributed by atoms with Gasteiger partial charge in [0.05, 0.1) is 19.4 Å². The van der Waals surface area contributed by atoms with Crippen molar-refractivity contribution in [1.82, 2.24) is 10.7 Å². The van der Waals surface area contributed by atoms with Gasteiger partial charge in [0.25, 0.3) is 11.8 Å². The van der Waals surface area contributed by atoms with Crippen LogP contribution in [0.1, 0.15) is 29.3 Å². The predicted molar refractivity (Wildman–Crippen MR) is 111 cm³/mol. The molecule has 0 spiro atoms. The molecule has 2 amide bonds. The van der Waals surface area contributed by atoms with Gasteiger partial charge in [0.15, 0.2) is 0 Å². The van der Waals surface area contributed by atoms with E-state index in [9.17, 15) is 9.59 Å². The summed E-state index contributed by atoms with van der Waals surface area (Å²) in [7, 11) is 0. The first-order chi connectivity index (χ1) is 14.1. The van der Waals surface area contributed by atoms with Crippen molar-refractivity contribution in [3.63, 3.8) is 0 Å². The van der Waals surface area contributed by atoms with Crippen molar-refractivity contribution in [1.29, 1.82) is 0 Å². The van der Waals surface area contributed by atoms with Crippen LogP contribution in [0.3, 0.4) is 0 Å². The minimum Gasteiger partial charge on any atom is -0.494 e. The van der Waals surface area contributed by atoms with Crippen LogP contribution < -0.4 is 20.2 Å². The van der Waals surface area contributed by atoms with Gasteiger partial charge in [-0.1, -0.05) is 25.0 Å². The van der Waals surface area contributed by atoms with Crippen LogP contribution in [-0.4, -0.2) is 37.8 Å². The lowest BCUT2D eigenvalue weighted by molar-refractivity contribution is -0.120. The SMILES string of the molecule is C#CCOc1ccccc1/C=N\NC(=O)CNC(=O)c1ccc(OCCC)cc1. The molecule has 0 aliphatic carbocycles. The minimum atomic E-state index is -0.459. The molecule has 2 N–H and O–H groups in total. The molecule has 2 rings (SSSR count). The third-order valence-electron chi connectivity index (χ3n) is 3.62. The van der Waals surface area contributed by atoms with Crippen LogP contribution in [0, 0.1) is 12.3 Å². The monoisotopic (exact) mass is 393 g/mol. The quantitative estimate of drug-likeness (QED) is 0.368. The highest BCUT2D eigenvalue weighted by Gasteiger charge is 2.08. The van der Waals surface area contributed by atoms with Gasteiger partial charge in [-0.25, -0.2) is 5.43 Å². The van der Waals surface area contributed by atoms with E-state index in [-0.39, 0.29) is 19.1 Å². The Kier molecular flexibility index (Phi) is 8.77. The molecule has 2 aromatic rings. The number of terminal acetylenes is 1. The molecule has 0 fully saturated rings. The van der Waals surface area contributed by atoms with Crippen LogP contribution in [0.15, 0.2) is 53.6 Å². The Balaban J connectivity index is 1.80. The van der Waals surface area contributed by atoms with Gasteiger partial charge >= 0.3 is 0 Å². The standard InChI is InChI=1S/C22H23N3O4/c1-3-13-28-19-11-9-17(10-12-19)22(27)23-16-21(26)25-24-15-18-7-5-6-8-20(18)29-14-4-2/h2,5-12,15H,3,13-14,16H2,1H3,(H,23,27)(H,25,26)/b24-15-. The van der Waals surface area contributed by atoms with Gasteiger partial charge in [-0.2, -0.15) is 5.10 Å². The summed E-state index contributed by atoms with van der Waals surface area (Å²) < 4.78 is 10.9. The van der Waals surface area contributed by atoms with Crippen molar-refractivity contribution >= 4 is 18.0 Å². The third kappa shape index (κ3) is 7.39. The fourth-order valence-corrected chi connectivity index (χ4v) is 2.24. The zero-order chi connectivity index (χ0) is 20.9. The Hall–Kier alpha value is -3.79. The van der Waals surface area contributed by atoms with E-state index in [4.69, 9.17) is 15.9 Å². The second kappa shape index (κ2) is 11.8. The number of para-hydroxylation sites is 1. The first-order valence-corrected chi connectivity index (χ1v) is 9.12. The molecule has 0 heterocycles. The molecule has 7 heteroatoms. The first kappa shape index (κ1) is 21.5. The summed E-state index contributed by atoms with van der Waals surface area (Å²) in [6.07, 6.45) is 7.54. The number of nitrogens with one attached hydrogen (secondary N) is 2. The molecule has 0 saturated carbocycles. The number of hydrogen-bond donors (Lipinski definition) is 2. The number of benzene rings is 2. The molecular formula is C22H23N3O4. The van der Waals surface area contributed by atoms with Crippen molar-refractivity contribution in [2.75, 3.05) is 19.8 Å². The summed E-state index contributed by atoms with van der Waals surface area (Å²) in [5, 5.41) is 6.41. The molecular weight excluding hydrogens is 370 g/mol. The van der Waals surface area contributed by atoms with E-state index in [1.165, 1.54) is 6.21 Å². The molecule has 0 aliphatic rings. The zero-order valence-corrected chi connectivity index (χ0v) is 16.2. The molecule has 2 aromatic carbocycles. The summed E-state index contributed by atoms with van der Waals surface area (Å²) in [4.78, 5) is 24.0. The van der Waals surface area contributed by atoms with Gasteiger partial charge in [0, 0.05) is 11.1 Å². The van der Waals surface area contributed by atoms with Gasteiger partial charge in [0.1, 0.15) is 18.1 Å². The summed E-state index contributed by atoms with van der Waals surface area (Å²) >= 11 is 0. The lowest BCUT2D eigenvalue weighted by Crippen LogP contribution is -2.34. The average Bonchev–Trinajstić information content (AvgIpc) is 2.75. The van der Waals surface area contributed by atoms with E-state index in [1.54, 1.807) is 42.5 Å². The molecule has 0 aliphatic heterocycles. The van der Waals surface area contributed by atoms with Crippen LogP contribution in [-0.2, 0) is 4.79 Å². The maximum atomic E-state index is 12.1. The minimum absolute atomic E-state index is 0.134. The Morgan fingerprint density at radius 1 is 1.14 bits per heavy atom. The highest BCUT2D eigenvalue weighted by atomic mass is 16.5. The van der Waals surface area contributed by atoms with E-state index < -0.39 is 5.91 Å². The second-order valence-electron chi connectivity index (χ2n) is 5.88.